The minimum atomic E-state index is 0.135. The lowest BCUT2D eigenvalue weighted by Gasteiger charge is -2.32. The SMILES string of the molecule is COCCN1CCC[C@@H](c2cc(CCC(=O)N(C)C)nc(C)n2)C1. The molecule has 0 bridgehead atoms. The molecule has 1 atom stereocenters. The Bertz CT molecular complexity index is 548. The molecule has 1 amide bonds. The zero-order valence-electron chi connectivity index (χ0n) is 15.4. The van der Waals surface area contributed by atoms with Crippen LogP contribution in [-0.2, 0) is 16.0 Å². The molecule has 0 N–H and O–H groups in total. The van der Waals surface area contributed by atoms with Gasteiger partial charge in [-0.3, -0.25) is 4.79 Å². The number of amides is 1. The van der Waals surface area contributed by atoms with Gasteiger partial charge in [-0.05, 0) is 38.8 Å². The number of aryl methyl sites for hydroxylation is 2. The molecule has 0 aliphatic carbocycles. The minimum absolute atomic E-state index is 0.135. The summed E-state index contributed by atoms with van der Waals surface area (Å²) in [5.41, 5.74) is 2.10. The summed E-state index contributed by atoms with van der Waals surface area (Å²) in [6.07, 6.45) is 3.52. The van der Waals surface area contributed by atoms with Gasteiger partial charge in [-0.15, -0.1) is 0 Å². The monoisotopic (exact) mass is 334 g/mol. The van der Waals surface area contributed by atoms with E-state index < -0.39 is 0 Å². The van der Waals surface area contributed by atoms with Crippen molar-refractivity contribution in [3.8, 4) is 0 Å². The third kappa shape index (κ3) is 5.53. The number of nitrogens with zero attached hydrogens (tertiary/aromatic N) is 4. The van der Waals surface area contributed by atoms with Gasteiger partial charge in [0.1, 0.15) is 5.82 Å². The topological polar surface area (TPSA) is 58.6 Å². The maximum Gasteiger partial charge on any atom is 0.222 e. The highest BCUT2D eigenvalue weighted by Gasteiger charge is 2.23. The number of rotatable bonds is 7. The van der Waals surface area contributed by atoms with Crippen LogP contribution >= 0.6 is 0 Å². The number of carbonyl (C=O) groups is 1. The lowest BCUT2D eigenvalue weighted by Crippen LogP contribution is -2.36. The number of ether oxygens (including phenoxy) is 1. The molecule has 1 aromatic heterocycles. The summed E-state index contributed by atoms with van der Waals surface area (Å²) in [5.74, 6) is 1.38. The van der Waals surface area contributed by atoms with Crippen molar-refractivity contribution in [1.82, 2.24) is 19.8 Å². The van der Waals surface area contributed by atoms with Crippen LogP contribution in [0.5, 0.6) is 0 Å². The molecule has 6 heteroatoms. The quantitative estimate of drug-likeness (QED) is 0.758. The van der Waals surface area contributed by atoms with Crippen molar-refractivity contribution in [3.63, 3.8) is 0 Å². The highest BCUT2D eigenvalue weighted by atomic mass is 16.5. The minimum Gasteiger partial charge on any atom is -0.383 e. The van der Waals surface area contributed by atoms with Crippen molar-refractivity contribution in [2.45, 2.75) is 38.5 Å². The molecule has 24 heavy (non-hydrogen) atoms. The van der Waals surface area contributed by atoms with Gasteiger partial charge in [0.15, 0.2) is 0 Å². The van der Waals surface area contributed by atoms with Crippen molar-refractivity contribution < 1.29 is 9.53 Å². The van der Waals surface area contributed by atoms with Crippen LogP contribution in [0.4, 0.5) is 0 Å². The summed E-state index contributed by atoms with van der Waals surface area (Å²) in [5, 5.41) is 0. The van der Waals surface area contributed by atoms with E-state index in [0.29, 0.717) is 18.8 Å². The van der Waals surface area contributed by atoms with Crippen molar-refractivity contribution in [3.05, 3.63) is 23.3 Å². The number of hydrogen-bond acceptors (Lipinski definition) is 5. The predicted octanol–water partition coefficient (Wildman–Crippen LogP) is 1.63. The first-order valence-electron chi connectivity index (χ1n) is 8.75. The van der Waals surface area contributed by atoms with Crippen molar-refractivity contribution in [2.75, 3.05) is 47.4 Å². The van der Waals surface area contributed by atoms with E-state index in [9.17, 15) is 4.79 Å². The molecular formula is C18H30N4O2. The molecule has 2 rings (SSSR count). The predicted molar refractivity (Wildman–Crippen MR) is 94.1 cm³/mol. The van der Waals surface area contributed by atoms with Crippen molar-refractivity contribution in [1.29, 1.82) is 0 Å². The van der Waals surface area contributed by atoms with Gasteiger partial charge in [0.05, 0.1) is 6.61 Å². The summed E-state index contributed by atoms with van der Waals surface area (Å²) in [4.78, 5) is 25.1. The molecule has 1 saturated heterocycles. The Morgan fingerprint density at radius 1 is 1.42 bits per heavy atom. The van der Waals surface area contributed by atoms with E-state index in [1.165, 1.54) is 6.42 Å². The zero-order chi connectivity index (χ0) is 17.5. The normalized spacial score (nSPS) is 18.6. The summed E-state index contributed by atoms with van der Waals surface area (Å²) in [6, 6.07) is 2.10. The first-order chi connectivity index (χ1) is 11.5. The zero-order valence-corrected chi connectivity index (χ0v) is 15.4. The fourth-order valence-electron chi connectivity index (χ4n) is 3.17. The van der Waals surface area contributed by atoms with E-state index in [0.717, 1.165) is 49.9 Å². The summed E-state index contributed by atoms with van der Waals surface area (Å²) in [7, 11) is 5.32. The lowest BCUT2D eigenvalue weighted by molar-refractivity contribution is -0.128. The van der Waals surface area contributed by atoms with Crippen LogP contribution in [0.2, 0.25) is 0 Å². The Kier molecular flexibility index (Phi) is 7.12. The van der Waals surface area contributed by atoms with E-state index in [1.54, 1.807) is 26.1 Å². The number of hydrogen-bond donors (Lipinski definition) is 0. The van der Waals surface area contributed by atoms with Crippen molar-refractivity contribution >= 4 is 5.91 Å². The van der Waals surface area contributed by atoms with E-state index in [4.69, 9.17) is 4.74 Å². The van der Waals surface area contributed by atoms with Crippen LogP contribution in [0.3, 0.4) is 0 Å². The largest absolute Gasteiger partial charge is 0.383 e. The molecule has 134 valence electrons. The number of carbonyl (C=O) groups excluding carboxylic acids is 1. The summed E-state index contributed by atoms with van der Waals surface area (Å²) in [6.45, 7) is 5.84. The molecule has 2 heterocycles. The second-order valence-corrected chi connectivity index (χ2v) is 6.75. The van der Waals surface area contributed by atoms with Gasteiger partial charge in [0.25, 0.3) is 0 Å². The van der Waals surface area contributed by atoms with E-state index >= 15 is 0 Å². The average Bonchev–Trinajstić information content (AvgIpc) is 2.57. The van der Waals surface area contributed by atoms with Gasteiger partial charge in [0.2, 0.25) is 5.91 Å². The second-order valence-electron chi connectivity index (χ2n) is 6.75. The average molecular weight is 334 g/mol. The molecule has 0 aromatic carbocycles. The third-order valence-electron chi connectivity index (χ3n) is 4.54. The molecule has 0 radical (unpaired) electrons. The van der Waals surface area contributed by atoms with E-state index in [2.05, 4.69) is 20.9 Å². The molecule has 1 aliphatic rings. The Labute approximate surface area is 145 Å². The highest BCUT2D eigenvalue weighted by molar-refractivity contribution is 5.75. The van der Waals surface area contributed by atoms with Gasteiger partial charge >= 0.3 is 0 Å². The van der Waals surface area contributed by atoms with E-state index in [1.807, 2.05) is 6.92 Å². The number of methoxy groups -OCH3 is 1. The number of likely N-dealkylation sites (tertiary alicyclic amines) is 1. The fraction of sp³-hybridized carbons (Fsp3) is 0.722. The Morgan fingerprint density at radius 3 is 2.92 bits per heavy atom. The smallest absolute Gasteiger partial charge is 0.222 e. The standard InChI is InChI=1S/C18H30N4O2/c1-14-19-16(7-8-18(23)21(2)3)12-17(20-14)15-6-5-9-22(13-15)10-11-24-4/h12,15H,5-11,13H2,1-4H3/t15-/m1/s1. The molecular weight excluding hydrogens is 304 g/mol. The van der Waals surface area contributed by atoms with Crippen LogP contribution in [0.25, 0.3) is 0 Å². The fourth-order valence-corrected chi connectivity index (χ4v) is 3.17. The summed E-state index contributed by atoms with van der Waals surface area (Å²) < 4.78 is 5.19. The van der Waals surface area contributed by atoms with Crippen LogP contribution in [0.1, 0.15) is 42.4 Å². The lowest BCUT2D eigenvalue weighted by atomic mass is 9.93. The maximum absolute atomic E-state index is 11.8. The van der Waals surface area contributed by atoms with E-state index in [-0.39, 0.29) is 5.91 Å². The van der Waals surface area contributed by atoms with Crippen LogP contribution in [-0.4, -0.2) is 73.1 Å². The first-order valence-corrected chi connectivity index (χ1v) is 8.75. The molecule has 0 spiro atoms. The molecule has 1 aromatic rings. The maximum atomic E-state index is 11.8. The number of aromatic nitrogens is 2. The molecule has 0 unspecified atom stereocenters. The van der Waals surface area contributed by atoms with Gasteiger partial charge in [-0.2, -0.15) is 0 Å². The highest BCUT2D eigenvalue weighted by Crippen LogP contribution is 2.26. The van der Waals surface area contributed by atoms with Crippen molar-refractivity contribution in [2.24, 2.45) is 0 Å². The van der Waals surface area contributed by atoms with Crippen LogP contribution in [0, 0.1) is 6.92 Å². The Balaban J connectivity index is 2.03. The second kappa shape index (κ2) is 9.08. The molecule has 1 fully saturated rings. The van der Waals surface area contributed by atoms with Gasteiger partial charge in [0, 0.05) is 58.0 Å². The van der Waals surface area contributed by atoms with Gasteiger partial charge < -0.3 is 14.5 Å². The third-order valence-corrected chi connectivity index (χ3v) is 4.54. The number of piperidine rings is 1. The van der Waals surface area contributed by atoms with Crippen LogP contribution < -0.4 is 0 Å². The van der Waals surface area contributed by atoms with Crippen LogP contribution in [0.15, 0.2) is 6.07 Å². The molecule has 0 saturated carbocycles. The molecule has 6 nitrogen and oxygen atoms in total. The summed E-state index contributed by atoms with van der Waals surface area (Å²) >= 11 is 0. The molecule has 1 aliphatic heterocycles. The first kappa shape index (κ1) is 18.8. The Hall–Kier alpha value is -1.53. The Morgan fingerprint density at radius 2 is 2.21 bits per heavy atom. The van der Waals surface area contributed by atoms with Gasteiger partial charge in [-0.1, -0.05) is 0 Å². The van der Waals surface area contributed by atoms with Gasteiger partial charge in [-0.25, -0.2) is 9.97 Å².